The highest BCUT2D eigenvalue weighted by Crippen LogP contribution is 2.66. The number of thioether (sulfide) groups is 1. The van der Waals surface area contributed by atoms with Gasteiger partial charge in [-0.25, -0.2) is 28.4 Å². The summed E-state index contributed by atoms with van der Waals surface area (Å²) in [5.74, 6) is -0.337. The summed E-state index contributed by atoms with van der Waals surface area (Å²) in [7, 11) is -1.47. The summed E-state index contributed by atoms with van der Waals surface area (Å²) >= 11 is 0.958. The second-order valence-corrected chi connectivity index (χ2v) is 19.6. The number of nitrogens with one attached hydrogen (secondary N) is 1. The predicted molar refractivity (Wildman–Crippen MR) is 177 cm³/mol. The van der Waals surface area contributed by atoms with E-state index in [4.69, 9.17) is 20.9 Å². The van der Waals surface area contributed by atoms with Crippen molar-refractivity contribution in [3.05, 3.63) is 53.2 Å². The van der Waals surface area contributed by atoms with Gasteiger partial charge >= 0.3 is 6.09 Å². The molecule has 2 aromatic rings. The number of aromatic nitrogens is 2. The lowest BCUT2D eigenvalue weighted by Crippen LogP contribution is -2.48. The number of carbonyl (C=O) groups excluding carboxylic acids is 2. The molecule has 1 aromatic heterocycles. The molecule has 2 N–H and O–H groups in total. The molecule has 0 unspecified atom stereocenters. The molecule has 1 fully saturated rings. The Morgan fingerprint density at radius 1 is 1.28 bits per heavy atom. The Balaban J connectivity index is 1.71. The van der Waals surface area contributed by atoms with E-state index in [1.165, 1.54) is 31.5 Å². The SMILES string of the molecule is C#CCOc1cnc(/C(F)=C/c2ccc(F)c([C@@]3(C)N=C(N(COCC[Si](C)(C)C)C(=O)O)S[C@@]4(C(=O)NCC(C)=O)C[C@H]43)c2)cn1. The first kappa shape index (κ1) is 35.7. The number of halogens is 2. The van der Waals surface area contributed by atoms with Gasteiger partial charge in [0.1, 0.15) is 28.8 Å². The zero-order valence-electron chi connectivity index (χ0n) is 26.8. The molecule has 0 spiro atoms. The monoisotopic (exact) mass is 685 g/mol. The summed E-state index contributed by atoms with van der Waals surface area (Å²) < 4.78 is 40.6. The molecule has 2 aliphatic rings. The van der Waals surface area contributed by atoms with Crippen molar-refractivity contribution >= 4 is 54.7 Å². The van der Waals surface area contributed by atoms with Gasteiger partial charge in [-0.1, -0.05) is 43.4 Å². The first-order chi connectivity index (χ1) is 22.1. The standard InChI is InChI=1S/C32H37F2N5O6SSi/c1-7-10-45-27-18-35-25(17-36-27)24(34)14-21-8-9-23(33)22(13-21)31(3)26-15-32(26,28(41)37-16-20(2)40)46-29(38-31)39(30(42)43)19-44-11-12-47(4,5)6/h1,8-9,13-14,17-18,26H,10-12,15-16,19H2,2-6H3,(H,37,41)(H,42,43)/b24-14-/t26-,31+,32-/m0/s1. The van der Waals surface area contributed by atoms with E-state index in [9.17, 15) is 19.5 Å². The number of ketones is 1. The van der Waals surface area contributed by atoms with E-state index in [2.05, 4.69) is 40.8 Å². The third-order valence-corrected chi connectivity index (χ3v) is 11.0. The average Bonchev–Trinajstić information content (AvgIpc) is 3.76. The Kier molecular flexibility index (Phi) is 10.9. The van der Waals surface area contributed by atoms with Gasteiger partial charge in [0.25, 0.3) is 0 Å². The number of Topliss-reactive ketones (excluding diaryl/α,β-unsaturated/α-hetero) is 1. The highest BCUT2D eigenvalue weighted by atomic mass is 32.2. The number of terminal acetylenes is 1. The summed E-state index contributed by atoms with van der Waals surface area (Å²) in [5, 5.41) is 12.7. The summed E-state index contributed by atoms with van der Waals surface area (Å²) in [6.45, 7) is 9.19. The van der Waals surface area contributed by atoms with Crippen LogP contribution in [0.3, 0.4) is 0 Å². The van der Waals surface area contributed by atoms with Gasteiger partial charge in [-0.15, -0.1) is 6.42 Å². The lowest BCUT2D eigenvalue weighted by Gasteiger charge is -2.36. The fourth-order valence-corrected chi connectivity index (χ4v) is 7.43. The lowest BCUT2D eigenvalue weighted by atomic mass is 9.84. The molecule has 4 rings (SSSR count). The van der Waals surface area contributed by atoms with E-state index in [-0.39, 0.29) is 60.0 Å². The van der Waals surface area contributed by atoms with Crippen molar-refractivity contribution in [3.8, 4) is 18.2 Å². The largest absolute Gasteiger partial charge is 0.465 e. The van der Waals surface area contributed by atoms with Gasteiger partial charge < -0.3 is 19.9 Å². The molecule has 3 atom stereocenters. The molecule has 0 saturated heterocycles. The summed E-state index contributed by atoms with van der Waals surface area (Å²) in [6, 6.07) is 4.75. The Morgan fingerprint density at radius 2 is 2.02 bits per heavy atom. The number of amides is 2. The first-order valence-electron chi connectivity index (χ1n) is 14.8. The van der Waals surface area contributed by atoms with Crippen LogP contribution in [0.2, 0.25) is 25.7 Å². The van der Waals surface area contributed by atoms with Crippen LogP contribution >= 0.6 is 11.8 Å². The van der Waals surface area contributed by atoms with Gasteiger partial charge in [-0.05, 0) is 50.1 Å². The third kappa shape index (κ3) is 8.43. The minimum Gasteiger partial charge on any atom is -0.465 e. The smallest absolute Gasteiger partial charge is 0.415 e. The van der Waals surface area contributed by atoms with Crippen molar-refractivity contribution in [1.29, 1.82) is 0 Å². The van der Waals surface area contributed by atoms with Crippen LogP contribution < -0.4 is 10.1 Å². The summed E-state index contributed by atoms with van der Waals surface area (Å²) in [6.07, 6.45) is 7.57. The maximum absolute atomic E-state index is 15.7. The Bertz CT molecular complexity index is 1640. The lowest BCUT2D eigenvalue weighted by molar-refractivity contribution is -0.124. The van der Waals surface area contributed by atoms with Crippen LogP contribution in [0.15, 0.2) is 35.6 Å². The summed E-state index contributed by atoms with van der Waals surface area (Å²) in [4.78, 5) is 51.3. The van der Waals surface area contributed by atoms with E-state index in [1.54, 1.807) is 6.92 Å². The molecule has 11 nitrogen and oxygen atoms in total. The van der Waals surface area contributed by atoms with E-state index >= 15 is 8.78 Å². The maximum atomic E-state index is 15.7. The van der Waals surface area contributed by atoms with Crippen molar-refractivity contribution < 1.29 is 37.7 Å². The number of nitrogens with zero attached hydrogens (tertiary/aromatic N) is 4. The Labute approximate surface area is 277 Å². The molecule has 2 heterocycles. The second-order valence-electron chi connectivity index (χ2n) is 12.7. The van der Waals surface area contributed by atoms with E-state index in [1.807, 2.05) is 0 Å². The van der Waals surface area contributed by atoms with Crippen molar-refractivity contribution in [2.45, 2.75) is 56.2 Å². The van der Waals surface area contributed by atoms with E-state index < -0.39 is 47.9 Å². The molecule has 1 aliphatic heterocycles. The number of rotatable bonds is 13. The fourth-order valence-electron chi connectivity index (χ4n) is 5.08. The van der Waals surface area contributed by atoms with Crippen LogP contribution in [-0.4, -0.2) is 82.2 Å². The predicted octanol–water partition coefficient (Wildman–Crippen LogP) is 5.17. The summed E-state index contributed by atoms with van der Waals surface area (Å²) in [5.41, 5.74) is -1.24. The van der Waals surface area contributed by atoms with Gasteiger partial charge in [-0.3, -0.25) is 14.6 Å². The minimum atomic E-state index is -1.47. The number of amidine groups is 1. The molecule has 15 heteroatoms. The zero-order chi connectivity index (χ0) is 34.6. The second kappa shape index (κ2) is 14.3. The van der Waals surface area contributed by atoms with Gasteiger partial charge in [0, 0.05) is 26.2 Å². The number of carboxylic acid groups (broad SMARTS) is 1. The minimum absolute atomic E-state index is 0.0251. The van der Waals surface area contributed by atoms with Crippen LogP contribution in [0.5, 0.6) is 5.88 Å². The highest BCUT2D eigenvalue weighted by Gasteiger charge is 2.71. The number of carbonyl (C=O) groups is 3. The topological polar surface area (TPSA) is 143 Å². The molecule has 1 aromatic carbocycles. The molecule has 1 saturated carbocycles. The number of hydrogen-bond donors (Lipinski definition) is 2. The number of ether oxygens (including phenoxy) is 2. The quantitative estimate of drug-likeness (QED) is 0.126. The van der Waals surface area contributed by atoms with E-state index in [0.29, 0.717) is 6.61 Å². The van der Waals surface area contributed by atoms with Gasteiger partial charge in [0.05, 0.1) is 24.5 Å². The van der Waals surface area contributed by atoms with E-state index in [0.717, 1.165) is 34.8 Å². The molecule has 0 radical (unpaired) electrons. The van der Waals surface area contributed by atoms with Crippen LogP contribution in [-0.2, 0) is 19.9 Å². The van der Waals surface area contributed by atoms with Crippen molar-refractivity contribution in [2.24, 2.45) is 10.9 Å². The number of aliphatic imine (C=N–C) groups is 1. The van der Waals surface area contributed by atoms with Gasteiger partial charge in [0.2, 0.25) is 11.8 Å². The average molecular weight is 686 g/mol. The van der Waals surface area contributed by atoms with Crippen LogP contribution in [0.25, 0.3) is 11.9 Å². The van der Waals surface area contributed by atoms with Crippen molar-refractivity contribution in [2.75, 3.05) is 26.5 Å². The van der Waals surface area contributed by atoms with Crippen LogP contribution in [0.4, 0.5) is 13.6 Å². The van der Waals surface area contributed by atoms with Crippen LogP contribution in [0, 0.1) is 24.1 Å². The third-order valence-electron chi connectivity index (χ3n) is 7.76. The molecule has 250 valence electrons. The Hall–Kier alpha value is -4.13. The number of fused-ring (bicyclic) bond motifs is 1. The molecular formula is C32H37F2N5O6SSi. The molecule has 0 bridgehead atoms. The van der Waals surface area contributed by atoms with Crippen molar-refractivity contribution in [1.82, 2.24) is 20.2 Å². The fraction of sp³-hybridized carbons (Fsp3) is 0.438. The number of benzene rings is 1. The van der Waals surface area contributed by atoms with Crippen molar-refractivity contribution in [3.63, 3.8) is 0 Å². The van der Waals surface area contributed by atoms with Gasteiger partial charge in [0.15, 0.2) is 17.6 Å². The van der Waals surface area contributed by atoms with Gasteiger partial charge in [-0.2, -0.15) is 0 Å². The number of hydrogen-bond acceptors (Lipinski definition) is 9. The Morgan fingerprint density at radius 3 is 2.64 bits per heavy atom. The zero-order valence-corrected chi connectivity index (χ0v) is 28.6. The molecule has 1 aliphatic carbocycles. The first-order valence-corrected chi connectivity index (χ1v) is 19.3. The normalized spacial score (nSPS) is 22.0. The highest BCUT2D eigenvalue weighted by molar-refractivity contribution is 8.16. The molecule has 2 amide bonds. The molecular weight excluding hydrogens is 649 g/mol. The molecule has 47 heavy (non-hydrogen) atoms. The maximum Gasteiger partial charge on any atom is 0.415 e. The van der Waals surface area contributed by atoms with Crippen LogP contribution in [0.1, 0.15) is 37.1 Å².